The normalized spacial score (nSPS) is 18.8. The number of nitrogens with one attached hydrogen (secondary N) is 1. The van der Waals surface area contributed by atoms with Crippen LogP contribution in [0, 0.1) is 6.92 Å². The largest absolute Gasteiger partial charge is 0.507 e. The molecule has 0 atom stereocenters. The Labute approximate surface area is 355 Å². The number of pyridine rings is 2. The number of likely N-dealkylation sites (tertiary alicyclic amines) is 1. The van der Waals surface area contributed by atoms with Crippen LogP contribution in [0.15, 0.2) is 79.1 Å². The van der Waals surface area contributed by atoms with E-state index in [0.29, 0.717) is 34.6 Å². The Hall–Kier alpha value is -5.46. The maximum absolute atomic E-state index is 10.5. The van der Waals surface area contributed by atoms with E-state index in [1.54, 1.807) is 24.5 Å². The number of anilines is 2. The topological polar surface area (TPSA) is 140 Å². The van der Waals surface area contributed by atoms with Gasteiger partial charge in [-0.3, -0.25) is 14.9 Å². The number of aryl methyl sites for hydroxylation is 1. The summed E-state index contributed by atoms with van der Waals surface area (Å²) in [5, 5.41) is 45.5. The van der Waals surface area contributed by atoms with E-state index in [2.05, 4.69) is 127 Å². The molecule has 2 aliphatic rings. The highest BCUT2D eigenvalue weighted by Crippen LogP contribution is 2.40. The summed E-state index contributed by atoms with van der Waals surface area (Å²) in [7, 11) is 6.41. The lowest BCUT2D eigenvalue weighted by atomic mass is 9.77. The first-order valence-electron chi connectivity index (χ1n) is 21.0. The van der Waals surface area contributed by atoms with E-state index in [4.69, 9.17) is 0 Å². The van der Waals surface area contributed by atoms with Gasteiger partial charge >= 0.3 is 0 Å². The van der Waals surface area contributed by atoms with Crippen molar-refractivity contribution in [2.45, 2.75) is 122 Å². The SMILES string of the molecule is CN(c1ccc(-c2cc3cnccc3cc2O)nn1)C1CC(C)(C)N(C)C(C)(C)C1.Cc1ccc2cc(-c3ccc(N(C)C4CC(C)(C)NC(C)(C)C4)nn3)c(O)cc2n1. The van der Waals surface area contributed by atoms with Gasteiger partial charge in [-0.25, -0.2) is 0 Å². The lowest BCUT2D eigenvalue weighted by Gasteiger charge is -2.55. The first-order valence-corrected chi connectivity index (χ1v) is 21.0. The Morgan fingerprint density at radius 3 is 1.67 bits per heavy atom. The highest BCUT2D eigenvalue weighted by atomic mass is 16.3. The Morgan fingerprint density at radius 2 is 1.13 bits per heavy atom. The van der Waals surface area contributed by atoms with E-state index < -0.39 is 0 Å². The summed E-state index contributed by atoms with van der Waals surface area (Å²) in [6.45, 7) is 20.2. The molecule has 12 heteroatoms. The number of piperidine rings is 2. The van der Waals surface area contributed by atoms with Gasteiger partial charge in [0.2, 0.25) is 0 Å². The van der Waals surface area contributed by atoms with E-state index in [9.17, 15) is 10.2 Å². The zero-order valence-corrected chi connectivity index (χ0v) is 37.4. The quantitative estimate of drug-likeness (QED) is 0.148. The molecule has 2 aliphatic heterocycles. The van der Waals surface area contributed by atoms with Crippen LogP contribution in [0.4, 0.5) is 11.6 Å². The van der Waals surface area contributed by atoms with Crippen LogP contribution in [-0.2, 0) is 0 Å². The van der Waals surface area contributed by atoms with Crippen molar-refractivity contribution in [3.63, 3.8) is 0 Å². The predicted molar refractivity (Wildman–Crippen MR) is 244 cm³/mol. The molecule has 8 rings (SSSR count). The minimum absolute atomic E-state index is 0.0668. The first kappa shape index (κ1) is 42.7. The number of hydrogen-bond acceptors (Lipinski definition) is 12. The second-order valence-electron chi connectivity index (χ2n) is 19.6. The number of aromatic hydroxyl groups is 2. The minimum Gasteiger partial charge on any atom is -0.507 e. The first-order chi connectivity index (χ1) is 28.1. The van der Waals surface area contributed by atoms with Crippen LogP contribution in [-0.4, -0.2) is 101 Å². The van der Waals surface area contributed by atoms with Crippen molar-refractivity contribution in [2.24, 2.45) is 0 Å². The third kappa shape index (κ3) is 9.00. The molecule has 60 heavy (non-hydrogen) atoms. The third-order valence-electron chi connectivity index (χ3n) is 12.8. The van der Waals surface area contributed by atoms with Crippen LogP contribution in [0.3, 0.4) is 0 Å². The number of phenolic OH excluding ortho intramolecular Hbond substituents is 2. The molecule has 2 saturated heterocycles. The molecule has 0 unspecified atom stereocenters. The average molecular weight is 811 g/mol. The number of hydrogen-bond donors (Lipinski definition) is 3. The van der Waals surface area contributed by atoms with Gasteiger partial charge in [-0.05, 0) is 155 Å². The molecule has 3 N–H and O–H groups in total. The number of benzene rings is 2. The minimum atomic E-state index is 0.0668. The second kappa shape index (κ2) is 15.9. The molecule has 0 spiro atoms. The Kier molecular flexibility index (Phi) is 11.3. The van der Waals surface area contributed by atoms with Gasteiger partial charge in [0.25, 0.3) is 0 Å². The van der Waals surface area contributed by atoms with Crippen molar-refractivity contribution < 1.29 is 10.2 Å². The number of aromatic nitrogens is 6. The second-order valence-corrected chi connectivity index (χ2v) is 19.6. The smallest absolute Gasteiger partial charge is 0.151 e. The lowest BCUT2D eigenvalue weighted by Crippen LogP contribution is -2.62. The Balaban J connectivity index is 0.000000181. The van der Waals surface area contributed by atoms with Gasteiger partial charge < -0.3 is 25.3 Å². The van der Waals surface area contributed by atoms with Gasteiger partial charge in [0.15, 0.2) is 11.6 Å². The summed E-state index contributed by atoms with van der Waals surface area (Å²) in [6, 6.07) is 21.7. The van der Waals surface area contributed by atoms with E-state index in [1.807, 2.05) is 61.5 Å². The van der Waals surface area contributed by atoms with Crippen LogP contribution in [0.2, 0.25) is 0 Å². The number of rotatable bonds is 6. The molecule has 0 saturated carbocycles. The summed E-state index contributed by atoms with van der Waals surface area (Å²) in [4.78, 5) is 15.6. The van der Waals surface area contributed by atoms with Crippen LogP contribution in [0.25, 0.3) is 44.2 Å². The summed E-state index contributed by atoms with van der Waals surface area (Å²) in [5.41, 5.74) is 4.69. The molecule has 6 aromatic rings. The van der Waals surface area contributed by atoms with Crippen molar-refractivity contribution in [3.8, 4) is 34.0 Å². The monoisotopic (exact) mass is 811 g/mol. The fraction of sp³-hybridized carbons (Fsp3) is 0.458. The van der Waals surface area contributed by atoms with Crippen molar-refractivity contribution in [3.05, 3.63) is 84.8 Å². The lowest BCUT2D eigenvalue weighted by molar-refractivity contribution is -0.0120. The highest BCUT2D eigenvalue weighted by molar-refractivity contribution is 5.89. The van der Waals surface area contributed by atoms with E-state index >= 15 is 0 Å². The zero-order chi connectivity index (χ0) is 43.4. The molecule has 2 fully saturated rings. The van der Waals surface area contributed by atoms with Gasteiger partial charge in [0.1, 0.15) is 11.5 Å². The van der Waals surface area contributed by atoms with Crippen LogP contribution in [0.5, 0.6) is 11.5 Å². The fourth-order valence-corrected chi connectivity index (χ4v) is 9.62. The molecular weight excluding hydrogens is 749 g/mol. The molecule has 0 aliphatic carbocycles. The number of nitrogens with zero attached hydrogens (tertiary/aromatic N) is 9. The van der Waals surface area contributed by atoms with Gasteiger partial charge in [-0.1, -0.05) is 6.07 Å². The van der Waals surface area contributed by atoms with Gasteiger partial charge in [-0.2, -0.15) is 0 Å². The molecule has 0 radical (unpaired) electrons. The standard InChI is InChI=1S/2C24H31N5O/c1-23(2)13-18(14-24(3,4)29(23)6)28(5)22-8-7-20(26-27-22)19-11-17-15-25-10-9-16(17)12-21(19)30;1-15-7-8-16-11-18(21(30)12-20(16)25-15)19-9-10-22(27-26-19)29(6)17-13-23(2,3)28-24(4,5)14-17/h7-12,15,18,30H,13-14H2,1-6H3;7-12,17,28,30H,13-14H2,1-6H3. The average Bonchev–Trinajstić information content (AvgIpc) is 3.18. The maximum Gasteiger partial charge on any atom is 0.151 e. The highest BCUT2D eigenvalue weighted by Gasteiger charge is 2.44. The Morgan fingerprint density at radius 1 is 0.617 bits per heavy atom. The van der Waals surface area contributed by atoms with Crippen LogP contribution >= 0.6 is 0 Å². The van der Waals surface area contributed by atoms with Gasteiger partial charge in [-0.15, -0.1) is 20.4 Å². The van der Waals surface area contributed by atoms with Crippen LogP contribution < -0.4 is 15.1 Å². The molecule has 0 amide bonds. The van der Waals surface area contributed by atoms with E-state index in [-0.39, 0.29) is 33.7 Å². The molecule has 6 heterocycles. The van der Waals surface area contributed by atoms with Crippen molar-refractivity contribution >= 4 is 33.3 Å². The summed E-state index contributed by atoms with van der Waals surface area (Å²) in [5.74, 6) is 2.05. The molecular formula is C48H62N10O2. The van der Waals surface area contributed by atoms with Gasteiger partial charge in [0.05, 0.1) is 16.9 Å². The van der Waals surface area contributed by atoms with E-state index in [0.717, 1.165) is 64.7 Å². The van der Waals surface area contributed by atoms with Crippen molar-refractivity contribution in [1.82, 2.24) is 40.6 Å². The fourth-order valence-electron chi connectivity index (χ4n) is 9.62. The predicted octanol–water partition coefficient (Wildman–Crippen LogP) is 8.94. The molecule has 2 aromatic carbocycles. The molecule has 0 bridgehead atoms. The molecule has 316 valence electrons. The van der Waals surface area contributed by atoms with Crippen LogP contribution in [0.1, 0.15) is 86.8 Å². The Bertz CT molecular complexity index is 2450. The van der Waals surface area contributed by atoms with E-state index in [1.165, 1.54) is 0 Å². The zero-order valence-electron chi connectivity index (χ0n) is 37.4. The van der Waals surface area contributed by atoms with Gasteiger partial charge in [0, 0.05) is 94.4 Å². The number of phenols is 2. The molecule has 4 aromatic heterocycles. The van der Waals surface area contributed by atoms with Crippen molar-refractivity contribution in [1.29, 1.82) is 0 Å². The maximum atomic E-state index is 10.5. The molecule has 12 nitrogen and oxygen atoms in total. The summed E-state index contributed by atoms with van der Waals surface area (Å²) < 4.78 is 0. The van der Waals surface area contributed by atoms with Crippen molar-refractivity contribution in [2.75, 3.05) is 30.9 Å². The number of fused-ring (bicyclic) bond motifs is 2. The summed E-state index contributed by atoms with van der Waals surface area (Å²) in [6.07, 6.45) is 7.70. The third-order valence-corrected chi connectivity index (χ3v) is 12.8. The summed E-state index contributed by atoms with van der Waals surface area (Å²) >= 11 is 0.